The van der Waals surface area contributed by atoms with Crippen molar-refractivity contribution >= 4 is 0 Å². The Morgan fingerprint density at radius 2 is 2.33 bits per heavy atom. The molecule has 70 valence electrons. The Morgan fingerprint density at radius 1 is 1.50 bits per heavy atom. The zero-order chi connectivity index (χ0) is 8.60. The van der Waals surface area contributed by atoms with Gasteiger partial charge in [-0.2, -0.15) is 0 Å². The molecule has 2 aliphatic rings. The van der Waals surface area contributed by atoms with Gasteiger partial charge in [0.2, 0.25) is 0 Å². The van der Waals surface area contributed by atoms with Crippen LogP contribution in [0.15, 0.2) is 0 Å². The van der Waals surface area contributed by atoms with Crippen molar-refractivity contribution < 1.29 is 4.74 Å². The lowest BCUT2D eigenvalue weighted by Crippen LogP contribution is -2.26. The lowest BCUT2D eigenvalue weighted by molar-refractivity contribution is 0.158. The number of nitrogens with one attached hydrogen (secondary N) is 1. The van der Waals surface area contributed by atoms with Crippen LogP contribution in [-0.2, 0) is 4.74 Å². The van der Waals surface area contributed by atoms with Crippen LogP contribution in [0.3, 0.4) is 0 Å². The zero-order valence-corrected chi connectivity index (χ0v) is 8.10. The first-order valence-corrected chi connectivity index (χ1v) is 5.03. The highest BCUT2D eigenvalue weighted by molar-refractivity contribution is 4.96. The molecule has 2 rings (SSSR count). The van der Waals surface area contributed by atoms with E-state index >= 15 is 0 Å². The van der Waals surface area contributed by atoms with Crippen molar-refractivity contribution in [3.8, 4) is 0 Å². The summed E-state index contributed by atoms with van der Waals surface area (Å²) in [4.78, 5) is 0. The Bertz CT molecular complexity index is 161. The summed E-state index contributed by atoms with van der Waals surface area (Å²) in [6.07, 6.45) is 2.59. The van der Waals surface area contributed by atoms with Crippen molar-refractivity contribution in [2.45, 2.75) is 32.7 Å². The molecule has 2 atom stereocenters. The highest BCUT2D eigenvalue weighted by atomic mass is 16.5. The molecule has 1 spiro atoms. The Hall–Kier alpha value is -0.0800. The molecular weight excluding hydrogens is 150 g/mol. The van der Waals surface area contributed by atoms with E-state index in [1.165, 1.54) is 19.4 Å². The van der Waals surface area contributed by atoms with Crippen LogP contribution in [-0.4, -0.2) is 25.8 Å². The van der Waals surface area contributed by atoms with Crippen LogP contribution < -0.4 is 5.32 Å². The Morgan fingerprint density at radius 3 is 2.83 bits per heavy atom. The summed E-state index contributed by atoms with van der Waals surface area (Å²) in [5.74, 6) is 0.768. The number of hydrogen-bond acceptors (Lipinski definition) is 2. The highest BCUT2D eigenvalue weighted by Gasteiger charge is 2.42. The molecule has 2 unspecified atom stereocenters. The van der Waals surface area contributed by atoms with Gasteiger partial charge in [0, 0.05) is 24.6 Å². The van der Waals surface area contributed by atoms with Crippen molar-refractivity contribution in [1.82, 2.24) is 5.32 Å². The molecule has 12 heavy (non-hydrogen) atoms. The van der Waals surface area contributed by atoms with E-state index < -0.39 is 0 Å². The van der Waals surface area contributed by atoms with Crippen molar-refractivity contribution in [2.75, 3.05) is 19.8 Å². The van der Waals surface area contributed by atoms with Gasteiger partial charge in [0.1, 0.15) is 0 Å². The second-order valence-corrected chi connectivity index (χ2v) is 4.74. The molecule has 0 amide bonds. The normalized spacial score (nSPS) is 41.8. The first-order chi connectivity index (χ1) is 5.72. The summed E-state index contributed by atoms with van der Waals surface area (Å²) in [6.45, 7) is 7.74. The van der Waals surface area contributed by atoms with Crippen LogP contribution in [0.2, 0.25) is 0 Å². The van der Waals surface area contributed by atoms with E-state index in [0.29, 0.717) is 5.41 Å². The first-order valence-electron chi connectivity index (χ1n) is 5.03. The number of rotatable bonds is 1. The second-order valence-electron chi connectivity index (χ2n) is 4.74. The van der Waals surface area contributed by atoms with Crippen molar-refractivity contribution in [3.05, 3.63) is 0 Å². The number of ether oxygens (including phenoxy) is 1. The minimum absolute atomic E-state index is 0.509. The highest BCUT2D eigenvalue weighted by Crippen LogP contribution is 2.38. The minimum atomic E-state index is 0.509. The quantitative estimate of drug-likeness (QED) is 0.641. The fourth-order valence-electron chi connectivity index (χ4n) is 2.38. The predicted octanol–water partition coefficient (Wildman–Crippen LogP) is 1.41. The summed E-state index contributed by atoms with van der Waals surface area (Å²) in [7, 11) is 0. The van der Waals surface area contributed by atoms with Gasteiger partial charge < -0.3 is 10.1 Å². The largest absolute Gasteiger partial charge is 0.381 e. The third kappa shape index (κ3) is 1.38. The molecule has 0 radical (unpaired) electrons. The lowest BCUT2D eigenvalue weighted by Gasteiger charge is -2.20. The van der Waals surface area contributed by atoms with Gasteiger partial charge in [0.15, 0.2) is 0 Å². The molecule has 0 bridgehead atoms. The SMILES string of the molecule is CC(C)C1CC2(CCOC2)CN1. The topological polar surface area (TPSA) is 21.3 Å². The molecule has 1 N–H and O–H groups in total. The van der Waals surface area contributed by atoms with Crippen molar-refractivity contribution in [1.29, 1.82) is 0 Å². The van der Waals surface area contributed by atoms with Crippen molar-refractivity contribution in [2.24, 2.45) is 11.3 Å². The molecule has 2 fully saturated rings. The molecule has 0 aromatic heterocycles. The van der Waals surface area contributed by atoms with Gasteiger partial charge in [0.05, 0.1) is 6.61 Å². The number of hydrogen-bond donors (Lipinski definition) is 1. The Balaban J connectivity index is 1.96. The van der Waals surface area contributed by atoms with Crippen LogP contribution in [0.25, 0.3) is 0 Å². The smallest absolute Gasteiger partial charge is 0.0536 e. The fourth-order valence-corrected chi connectivity index (χ4v) is 2.38. The molecule has 2 heterocycles. The maximum Gasteiger partial charge on any atom is 0.0536 e. The first kappa shape index (κ1) is 8.52. The van der Waals surface area contributed by atoms with Crippen LogP contribution in [0.4, 0.5) is 0 Å². The summed E-state index contributed by atoms with van der Waals surface area (Å²) >= 11 is 0. The van der Waals surface area contributed by atoms with E-state index in [2.05, 4.69) is 19.2 Å². The molecule has 2 nitrogen and oxygen atoms in total. The van der Waals surface area contributed by atoms with Gasteiger partial charge in [-0.1, -0.05) is 13.8 Å². The van der Waals surface area contributed by atoms with Gasteiger partial charge in [-0.15, -0.1) is 0 Å². The van der Waals surface area contributed by atoms with E-state index in [1.807, 2.05) is 0 Å². The second kappa shape index (κ2) is 3.00. The van der Waals surface area contributed by atoms with Crippen LogP contribution in [0, 0.1) is 11.3 Å². The van der Waals surface area contributed by atoms with E-state index in [4.69, 9.17) is 4.74 Å². The fraction of sp³-hybridized carbons (Fsp3) is 1.00. The average molecular weight is 169 g/mol. The van der Waals surface area contributed by atoms with Gasteiger partial charge >= 0.3 is 0 Å². The van der Waals surface area contributed by atoms with Crippen LogP contribution >= 0.6 is 0 Å². The molecule has 0 saturated carbocycles. The third-order valence-electron chi connectivity index (χ3n) is 3.38. The lowest BCUT2D eigenvalue weighted by atomic mass is 9.83. The minimum Gasteiger partial charge on any atom is -0.381 e. The third-order valence-corrected chi connectivity index (χ3v) is 3.38. The standard InChI is InChI=1S/C10H19NO/c1-8(2)9-5-10(6-11-9)3-4-12-7-10/h8-9,11H,3-7H2,1-2H3. The molecule has 2 heteroatoms. The van der Waals surface area contributed by atoms with E-state index in [-0.39, 0.29) is 0 Å². The maximum atomic E-state index is 5.47. The van der Waals surface area contributed by atoms with Gasteiger partial charge in [-0.3, -0.25) is 0 Å². The summed E-state index contributed by atoms with van der Waals surface area (Å²) in [5.41, 5.74) is 0.509. The Kier molecular flexibility index (Phi) is 2.13. The summed E-state index contributed by atoms with van der Waals surface area (Å²) in [6, 6.07) is 0.728. The maximum absolute atomic E-state index is 5.47. The zero-order valence-electron chi connectivity index (χ0n) is 8.10. The predicted molar refractivity (Wildman–Crippen MR) is 49.1 cm³/mol. The van der Waals surface area contributed by atoms with E-state index in [9.17, 15) is 0 Å². The van der Waals surface area contributed by atoms with Crippen molar-refractivity contribution in [3.63, 3.8) is 0 Å². The summed E-state index contributed by atoms with van der Waals surface area (Å²) in [5, 5.41) is 3.61. The van der Waals surface area contributed by atoms with Gasteiger partial charge in [0.25, 0.3) is 0 Å². The molecule has 0 aromatic carbocycles. The summed E-state index contributed by atoms with van der Waals surface area (Å²) < 4.78 is 5.47. The van der Waals surface area contributed by atoms with Gasteiger partial charge in [-0.25, -0.2) is 0 Å². The molecule has 0 aliphatic carbocycles. The van der Waals surface area contributed by atoms with E-state index in [1.54, 1.807) is 0 Å². The van der Waals surface area contributed by atoms with Crippen LogP contribution in [0.5, 0.6) is 0 Å². The molecule has 2 aliphatic heterocycles. The Labute approximate surface area is 74.7 Å². The molecule has 0 aromatic rings. The van der Waals surface area contributed by atoms with Crippen LogP contribution in [0.1, 0.15) is 26.7 Å². The monoisotopic (exact) mass is 169 g/mol. The van der Waals surface area contributed by atoms with E-state index in [0.717, 1.165) is 25.2 Å². The molecule has 2 saturated heterocycles. The van der Waals surface area contributed by atoms with Gasteiger partial charge in [-0.05, 0) is 18.8 Å². The average Bonchev–Trinajstić information content (AvgIpc) is 2.62. The molecular formula is C10H19NO.